The molecule has 9 heteroatoms. The minimum Gasteiger partial charge on any atom is -0.347 e. The first-order valence-corrected chi connectivity index (χ1v) is 4.20. The topological polar surface area (TPSA) is 86.5 Å². The zero-order valence-corrected chi connectivity index (χ0v) is 7.72. The molecule has 0 fully saturated rings. The van der Waals surface area contributed by atoms with E-state index in [1.54, 1.807) is 0 Å². The largest absolute Gasteiger partial charge is 0.405 e. The van der Waals surface area contributed by atoms with Gasteiger partial charge < -0.3 is 10.3 Å². The number of nitrogens with zero attached hydrogens (tertiary/aromatic N) is 2. The molecule has 2 heterocycles. The summed E-state index contributed by atoms with van der Waals surface area (Å²) in [6.45, 7) is -1.27. The van der Waals surface area contributed by atoms with Gasteiger partial charge in [0, 0.05) is 0 Å². The second-order valence-corrected chi connectivity index (χ2v) is 2.98. The Morgan fingerprint density at radius 2 is 2.19 bits per heavy atom. The second-order valence-electron chi connectivity index (χ2n) is 2.98. The van der Waals surface area contributed by atoms with Crippen molar-refractivity contribution in [2.24, 2.45) is 0 Å². The highest BCUT2D eigenvalue weighted by Crippen LogP contribution is 2.14. The van der Waals surface area contributed by atoms with E-state index in [1.165, 1.54) is 6.33 Å². The van der Waals surface area contributed by atoms with E-state index < -0.39 is 18.3 Å². The third-order valence-electron chi connectivity index (χ3n) is 1.75. The van der Waals surface area contributed by atoms with Gasteiger partial charge >= 0.3 is 6.18 Å². The smallest absolute Gasteiger partial charge is 0.347 e. The van der Waals surface area contributed by atoms with E-state index in [0.717, 1.165) is 0 Å². The average Bonchev–Trinajstić information content (AvgIpc) is 2.62. The van der Waals surface area contributed by atoms with Crippen molar-refractivity contribution in [3.05, 3.63) is 16.7 Å². The fourth-order valence-electron chi connectivity index (χ4n) is 1.11. The molecule has 3 N–H and O–H groups in total. The van der Waals surface area contributed by atoms with Crippen molar-refractivity contribution in [1.82, 2.24) is 19.9 Å². The van der Waals surface area contributed by atoms with Gasteiger partial charge in [0.1, 0.15) is 6.54 Å². The van der Waals surface area contributed by atoms with Gasteiger partial charge in [0.15, 0.2) is 11.2 Å². The number of hydrogen-bond acceptors (Lipinski definition) is 4. The predicted molar refractivity (Wildman–Crippen MR) is 49.1 cm³/mol. The van der Waals surface area contributed by atoms with Crippen molar-refractivity contribution in [3.8, 4) is 0 Å². The van der Waals surface area contributed by atoms with Gasteiger partial charge in [0.25, 0.3) is 5.56 Å². The zero-order chi connectivity index (χ0) is 11.8. The molecular weight excluding hydrogens is 227 g/mol. The summed E-state index contributed by atoms with van der Waals surface area (Å²) in [5, 5.41) is 1.96. The lowest BCUT2D eigenvalue weighted by atomic mass is 10.5. The average molecular weight is 233 g/mol. The van der Waals surface area contributed by atoms with Gasteiger partial charge in [-0.3, -0.25) is 9.78 Å². The van der Waals surface area contributed by atoms with Gasteiger partial charge in [-0.05, 0) is 0 Å². The Bertz CT molecular complexity index is 557. The molecule has 6 nitrogen and oxygen atoms in total. The van der Waals surface area contributed by atoms with E-state index in [9.17, 15) is 18.0 Å². The second kappa shape index (κ2) is 3.51. The first kappa shape index (κ1) is 10.5. The minimum absolute atomic E-state index is 0.0634. The summed E-state index contributed by atoms with van der Waals surface area (Å²) in [6.07, 6.45) is -3.14. The Kier molecular flexibility index (Phi) is 2.29. The molecule has 0 aliphatic carbocycles. The number of imidazole rings is 1. The molecule has 0 saturated heterocycles. The van der Waals surface area contributed by atoms with Crippen LogP contribution in [0.4, 0.5) is 19.1 Å². The SMILES string of the molecule is O=c1[nH]c(NCC(F)(F)F)nc2nc[nH]c12. The molecule has 0 amide bonds. The van der Waals surface area contributed by atoms with Crippen LogP contribution < -0.4 is 10.9 Å². The molecule has 2 aromatic rings. The van der Waals surface area contributed by atoms with Crippen molar-refractivity contribution in [2.45, 2.75) is 6.18 Å². The first-order chi connectivity index (χ1) is 7.46. The van der Waals surface area contributed by atoms with Crippen LogP contribution >= 0.6 is 0 Å². The summed E-state index contributed by atoms with van der Waals surface area (Å²) in [5.41, 5.74) is -0.391. The van der Waals surface area contributed by atoms with Gasteiger partial charge in [-0.1, -0.05) is 0 Å². The maximum Gasteiger partial charge on any atom is 0.405 e. The molecule has 0 bridgehead atoms. The Balaban J connectivity index is 2.29. The lowest BCUT2D eigenvalue weighted by molar-refractivity contribution is -0.115. The van der Waals surface area contributed by atoms with Crippen LogP contribution in [0.5, 0.6) is 0 Å². The van der Waals surface area contributed by atoms with E-state index in [-0.39, 0.29) is 17.1 Å². The zero-order valence-electron chi connectivity index (χ0n) is 7.72. The number of alkyl halides is 3. The molecular formula is C7H6F3N5O. The number of aromatic nitrogens is 4. The highest BCUT2D eigenvalue weighted by molar-refractivity contribution is 5.69. The van der Waals surface area contributed by atoms with Crippen molar-refractivity contribution in [3.63, 3.8) is 0 Å². The maximum absolute atomic E-state index is 11.9. The van der Waals surface area contributed by atoms with Crippen LogP contribution in [0.3, 0.4) is 0 Å². The van der Waals surface area contributed by atoms with Crippen molar-refractivity contribution >= 4 is 17.1 Å². The Hall–Kier alpha value is -2.06. The lowest BCUT2D eigenvalue weighted by Crippen LogP contribution is -2.24. The summed E-state index contributed by atoms with van der Waals surface area (Å²) in [6, 6.07) is 0. The molecule has 0 atom stereocenters. The summed E-state index contributed by atoms with van der Waals surface area (Å²) in [7, 11) is 0. The normalized spacial score (nSPS) is 11.9. The molecule has 0 saturated carbocycles. The standard InChI is InChI=1S/C7H6F3N5O/c8-7(9,10)1-11-6-14-4-3(5(16)15-6)12-2-13-4/h2H,1H2,(H3,11,12,13,14,15,16). The van der Waals surface area contributed by atoms with Crippen molar-refractivity contribution in [1.29, 1.82) is 0 Å². The Morgan fingerprint density at radius 1 is 1.44 bits per heavy atom. The third kappa shape index (κ3) is 2.12. The molecule has 86 valence electrons. The highest BCUT2D eigenvalue weighted by atomic mass is 19.4. The monoisotopic (exact) mass is 233 g/mol. The van der Waals surface area contributed by atoms with Crippen LogP contribution in [0.25, 0.3) is 11.2 Å². The van der Waals surface area contributed by atoms with Crippen LogP contribution in [0, 0.1) is 0 Å². The molecule has 0 spiro atoms. The van der Waals surface area contributed by atoms with Crippen LogP contribution in [-0.2, 0) is 0 Å². The fourth-order valence-corrected chi connectivity index (χ4v) is 1.11. The van der Waals surface area contributed by atoms with Crippen molar-refractivity contribution in [2.75, 3.05) is 11.9 Å². The fraction of sp³-hybridized carbons (Fsp3) is 0.286. The lowest BCUT2D eigenvalue weighted by Gasteiger charge is -2.07. The molecule has 2 aromatic heterocycles. The quantitative estimate of drug-likeness (QED) is 0.709. The third-order valence-corrected chi connectivity index (χ3v) is 1.75. The van der Waals surface area contributed by atoms with Gasteiger partial charge in [-0.2, -0.15) is 18.2 Å². The number of rotatable bonds is 2. The number of H-pyrrole nitrogens is 2. The number of fused-ring (bicyclic) bond motifs is 1. The number of hydrogen-bond donors (Lipinski definition) is 3. The molecule has 0 aliphatic rings. The summed E-state index contributed by atoms with van der Waals surface area (Å²) >= 11 is 0. The number of anilines is 1. The first-order valence-electron chi connectivity index (χ1n) is 4.20. The minimum atomic E-state index is -4.38. The van der Waals surface area contributed by atoms with Crippen LogP contribution in [0.15, 0.2) is 11.1 Å². The number of nitrogens with one attached hydrogen (secondary N) is 3. The van der Waals surface area contributed by atoms with Gasteiger partial charge in [-0.15, -0.1) is 0 Å². The molecule has 2 rings (SSSR count). The summed E-state index contributed by atoms with van der Waals surface area (Å²) in [5.74, 6) is -0.262. The van der Waals surface area contributed by atoms with Gasteiger partial charge in [0.05, 0.1) is 6.33 Å². The maximum atomic E-state index is 11.9. The van der Waals surface area contributed by atoms with Crippen LogP contribution in [0.1, 0.15) is 0 Å². The van der Waals surface area contributed by atoms with Crippen LogP contribution in [-0.4, -0.2) is 32.7 Å². The highest BCUT2D eigenvalue weighted by Gasteiger charge is 2.27. The Morgan fingerprint density at radius 3 is 2.88 bits per heavy atom. The van der Waals surface area contributed by atoms with E-state index in [2.05, 4.69) is 19.9 Å². The summed E-state index contributed by atoms with van der Waals surface area (Å²) < 4.78 is 35.7. The number of halogens is 3. The van der Waals surface area contributed by atoms with Crippen molar-refractivity contribution < 1.29 is 13.2 Å². The molecule has 0 unspecified atom stereocenters. The molecule has 0 radical (unpaired) electrons. The molecule has 0 aliphatic heterocycles. The van der Waals surface area contributed by atoms with E-state index in [0.29, 0.717) is 0 Å². The van der Waals surface area contributed by atoms with Gasteiger partial charge in [-0.25, -0.2) is 4.98 Å². The van der Waals surface area contributed by atoms with E-state index in [4.69, 9.17) is 0 Å². The van der Waals surface area contributed by atoms with Crippen LogP contribution in [0.2, 0.25) is 0 Å². The molecule has 0 aromatic carbocycles. The molecule has 16 heavy (non-hydrogen) atoms. The van der Waals surface area contributed by atoms with E-state index >= 15 is 0 Å². The van der Waals surface area contributed by atoms with Gasteiger partial charge in [0.2, 0.25) is 5.95 Å². The summed E-state index contributed by atoms with van der Waals surface area (Å²) in [4.78, 5) is 23.3. The van der Waals surface area contributed by atoms with E-state index in [1.807, 2.05) is 5.32 Å². The number of aromatic amines is 2. The Labute approximate surface area is 85.9 Å². The predicted octanol–water partition coefficient (Wildman–Crippen LogP) is 0.620.